The zero-order valence-electron chi connectivity index (χ0n) is 9.06. The van der Waals surface area contributed by atoms with Gasteiger partial charge in [0, 0.05) is 11.5 Å². The Labute approximate surface area is 97.4 Å². The first-order valence-electron chi connectivity index (χ1n) is 4.69. The number of nitrogens with one attached hydrogen (secondary N) is 1. The molecule has 1 atom stereocenters. The number of nitrogens with zero attached hydrogens (tertiary/aromatic N) is 1. The molecule has 0 aliphatic rings. The monoisotopic (exact) mass is 239 g/mol. The summed E-state index contributed by atoms with van der Waals surface area (Å²) in [6, 6.07) is -0.672. The maximum Gasteiger partial charge on any atom is 0.244 e. The first-order valence-corrected chi connectivity index (χ1v) is 5.57. The van der Waals surface area contributed by atoms with Crippen molar-refractivity contribution < 1.29 is 9.59 Å². The van der Waals surface area contributed by atoms with Crippen LogP contribution in [0, 0.1) is 6.92 Å². The van der Waals surface area contributed by atoms with Crippen LogP contribution in [0.4, 0.5) is 0 Å². The van der Waals surface area contributed by atoms with Crippen molar-refractivity contribution in [2.24, 2.45) is 5.73 Å². The Morgan fingerprint density at radius 2 is 2.31 bits per heavy atom. The zero-order valence-corrected chi connectivity index (χ0v) is 9.88. The molecule has 16 heavy (non-hydrogen) atoms. The second-order valence-corrected chi connectivity index (χ2v) is 4.32. The fourth-order valence-electron chi connectivity index (χ4n) is 0.950. The van der Waals surface area contributed by atoms with Crippen molar-refractivity contribution in [1.29, 1.82) is 0 Å². The number of aromatic nitrogens is 1. The van der Waals surface area contributed by atoms with Gasteiger partial charge >= 0.3 is 0 Å². The van der Waals surface area contributed by atoms with Crippen LogP contribution in [-0.2, 0) is 9.59 Å². The van der Waals surface area contributed by atoms with Crippen LogP contribution in [0.2, 0.25) is 0 Å². The van der Waals surface area contributed by atoms with E-state index in [1.807, 2.05) is 12.3 Å². The van der Waals surface area contributed by atoms with Gasteiger partial charge in [0.2, 0.25) is 11.8 Å². The number of thiazole rings is 1. The summed E-state index contributed by atoms with van der Waals surface area (Å²) in [4.78, 5) is 26.2. The highest BCUT2D eigenvalue weighted by atomic mass is 32.1. The number of carbonyl (C=O) groups is 2. The van der Waals surface area contributed by atoms with Crippen LogP contribution < -0.4 is 11.1 Å². The molecule has 1 aromatic heterocycles. The Balaban J connectivity index is 2.51. The Hall–Kier alpha value is -1.69. The average Bonchev–Trinajstić information content (AvgIpc) is 2.61. The molecule has 2 amide bonds. The predicted molar refractivity (Wildman–Crippen MR) is 62.7 cm³/mol. The lowest BCUT2D eigenvalue weighted by atomic mass is 10.3. The summed E-state index contributed by atoms with van der Waals surface area (Å²) < 4.78 is 0. The molecule has 86 valence electrons. The second kappa shape index (κ2) is 5.41. The van der Waals surface area contributed by atoms with Crippen LogP contribution in [0.1, 0.15) is 17.6 Å². The van der Waals surface area contributed by atoms with Crippen molar-refractivity contribution in [3.63, 3.8) is 0 Å². The first-order chi connectivity index (χ1) is 7.49. The summed E-state index contributed by atoms with van der Waals surface area (Å²) >= 11 is 1.51. The number of aryl methyl sites for hydroxylation is 1. The Morgan fingerprint density at radius 3 is 2.81 bits per heavy atom. The lowest BCUT2D eigenvalue weighted by Gasteiger charge is -2.06. The normalized spacial score (nSPS) is 12.6. The van der Waals surface area contributed by atoms with Gasteiger partial charge in [-0.1, -0.05) is 0 Å². The Bertz CT molecular complexity index is 425. The molecule has 0 radical (unpaired) electrons. The van der Waals surface area contributed by atoms with Gasteiger partial charge in [0.05, 0.1) is 10.7 Å². The van der Waals surface area contributed by atoms with Gasteiger partial charge in [-0.3, -0.25) is 9.59 Å². The van der Waals surface area contributed by atoms with E-state index in [1.54, 1.807) is 6.08 Å². The van der Waals surface area contributed by atoms with Gasteiger partial charge < -0.3 is 11.1 Å². The van der Waals surface area contributed by atoms with E-state index >= 15 is 0 Å². The van der Waals surface area contributed by atoms with Gasteiger partial charge in [-0.15, -0.1) is 11.3 Å². The highest BCUT2D eigenvalue weighted by molar-refractivity contribution is 7.09. The van der Waals surface area contributed by atoms with Crippen LogP contribution in [0.25, 0.3) is 6.08 Å². The SMILES string of the molecule is Cc1nc(/C=C/C(=O)NC(C)C(N)=O)cs1. The highest BCUT2D eigenvalue weighted by Gasteiger charge is 2.09. The summed E-state index contributed by atoms with van der Waals surface area (Å²) in [5.41, 5.74) is 5.73. The summed E-state index contributed by atoms with van der Waals surface area (Å²) in [7, 11) is 0. The van der Waals surface area contributed by atoms with Crippen LogP contribution in [0.3, 0.4) is 0 Å². The molecule has 0 saturated heterocycles. The summed E-state index contributed by atoms with van der Waals surface area (Å²) in [5, 5.41) is 5.21. The zero-order chi connectivity index (χ0) is 12.1. The molecule has 1 unspecified atom stereocenters. The molecular weight excluding hydrogens is 226 g/mol. The van der Waals surface area contributed by atoms with Crippen molar-refractivity contribution in [2.45, 2.75) is 19.9 Å². The smallest absolute Gasteiger partial charge is 0.244 e. The van der Waals surface area contributed by atoms with E-state index in [2.05, 4.69) is 10.3 Å². The number of amides is 2. The number of rotatable bonds is 4. The molecule has 1 aromatic rings. The minimum absolute atomic E-state index is 0.364. The van der Waals surface area contributed by atoms with E-state index in [4.69, 9.17) is 5.73 Å². The highest BCUT2D eigenvalue weighted by Crippen LogP contribution is 2.08. The number of carbonyl (C=O) groups excluding carboxylic acids is 2. The largest absolute Gasteiger partial charge is 0.368 e. The van der Waals surface area contributed by atoms with E-state index in [0.29, 0.717) is 0 Å². The number of hydrogen-bond donors (Lipinski definition) is 2. The van der Waals surface area contributed by atoms with Crippen LogP contribution >= 0.6 is 11.3 Å². The van der Waals surface area contributed by atoms with E-state index in [1.165, 1.54) is 24.3 Å². The quantitative estimate of drug-likeness (QED) is 0.748. The van der Waals surface area contributed by atoms with Crippen molar-refractivity contribution in [1.82, 2.24) is 10.3 Å². The lowest BCUT2D eigenvalue weighted by Crippen LogP contribution is -2.41. The van der Waals surface area contributed by atoms with Crippen molar-refractivity contribution in [3.05, 3.63) is 22.2 Å². The van der Waals surface area contributed by atoms with E-state index in [-0.39, 0.29) is 5.91 Å². The minimum atomic E-state index is -0.672. The first kappa shape index (κ1) is 12.4. The third-order valence-corrected chi connectivity index (χ3v) is 2.62. The van der Waals surface area contributed by atoms with E-state index < -0.39 is 11.9 Å². The van der Waals surface area contributed by atoms with Gasteiger partial charge in [0.25, 0.3) is 0 Å². The lowest BCUT2D eigenvalue weighted by molar-refractivity contribution is -0.124. The molecule has 1 rings (SSSR count). The van der Waals surface area contributed by atoms with Crippen LogP contribution in [-0.4, -0.2) is 22.8 Å². The molecular formula is C10H13N3O2S. The molecule has 5 nitrogen and oxygen atoms in total. The molecule has 0 spiro atoms. The second-order valence-electron chi connectivity index (χ2n) is 3.26. The van der Waals surface area contributed by atoms with Crippen LogP contribution in [0.5, 0.6) is 0 Å². The topological polar surface area (TPSA) is 85.1 Å². The van der Waals surface area contributed by atoms with Gasteiger partial charge in [0.1, 0.15) is 6.04 Å². The van der Waals surface area contributed by atoms with E-state index in [0.717, 1.165) is 10.7 Å². The molecule has 0 bridgehead atoms. The van der Waals surface area contributed by atoms with Gasteiger partial charge in [-0.05, 0) is 19.9 Å². The molecule has 0 fully saturated rings. The Morgan fingerprint density at radius 1 is 1.62 bits per heavy atom. The predicted octanol–water partition coefficient (Wildman–Crippen LogP) is 0.455. The number of hydrogen-bond acceptors (Lipinski definition) is 4. The fraction of sp³-hybridized carbons (Fsp3) is 0.300. The minimum Gasteiger partial charge on any atom is -0.368 e. The van der Waals surface area contributed by atoms with Crippen LogP contribution in [0.15, 0.2) is 11.5 Å². The molecule has 0 aliphatic heterocycles. The van der Waals surface area contributed by atoms with Crippen molar-refractivity contribution >= 4 is 29.2 Å². The molecule has 0 aromatic carbocycles. The number of nitrogens with two attached hydrogens (primary N) is 1. The van der Waals surface area contributed by atoms with E-state index in [9.17, 15) is 9.59 Å². The maximum atomic E-state index is 11.3. The summed E-state index contributed by atoms with van der Waals surface area (Å²) in [6.07, 6.45) is 2.92. The van der Waals surface area contributed by atoms with Gasteiger partial charge in [0.15, 0.2) is 0 Å². The van der Waals surface area contributed by atoms with Crippen molar-refractivity contribution in [3.8, 4) is 0 Å². The molecule has 1 heterocycles. The fourth-order valence-corrected chi connectivity index (χ4v) is 1.53. The third kappa shape index (κ3) is 3.82. The van der Waals surface area contributed by atoms with Gasteiger partial charge in [-0.25, -0.2) is 4.98 Å². The third-order valence-electron chi connectivity index (χ3n) is 1.83. The standard InChI is InChI=1S/C10H13N3O2S/c1-6(10(11)15)12-9(14)4-3-8-5-16-7(2)13-8/h3-6H,1-2H3,(H2,11,15)(H,12,14)/b4-3+. The molecule has 6 heteroatoms. The Kier molecular flexibility index (Phi) is 4.19. The molecule has 0 saturated carbocycles. The maximum absolute atomic E-state index is 11.3. The average molecular weight is 239 g/mol. The van der Waals surface area contributed by atoms with Gasteiger partial charge in [-0.2, -0.15) is 0 Å². The summed E-state index contributed by atoms with van der Waals surface area (Å²) in [6.45, 7) is 3.41. The summed E-state index contributed by atoms with van der Waals surface area (Å²) in [5.74, 6) is -0.928. The number of primary amides is 1. The van der Waals surface area contributed by atoms with Crippen molar-refractivity contribution in [2.75, 3.05) is 0 Å². The molecule has 3 N–H and O–H groups in total. The molecule has 0 aliphatic carbocycles.